The lowest BCUT2D eigenvalue weighted by molar-refractivity contribution is -0.147. The molecule has 7 rings (SSSR count). The Kier molecular flexibility index (Phi) is 14.5. The van der Waals surface area contributed by atoms with Crippen LogP contribution < -0.4 is 5.32 Å². The monoisotopic (exact) mass is 970 g/mol. The third-order valence-electron chi connectivity index (χ3n) is 12.8. The zero-order chi connectivity index (χ0) is 47.1. The Balaban J connectivity index is 1.05. The number of nitriles is 1. The van der Waals surface area contributed by atoms with Gasteiger partial charge in [0.15, 0.2) is 10.2 Å². The van der Waals surface area contributed by atoms with E-state index < -0.39 is 66.4 Å². The Bertz CT molecular complexity index is 2370. The van der Waals surface area contributed by atoms with Crippen LogP contribution in [0.25, 0.3) is 10.1 Å². The van der Waals surface area contributed by atoms with Crippen LogP contribution in [0.1, 0.15) is 113 Å². The molecule has 3 aromatic rings. The summed E-state index contributed by atoms with van der Waals surface area (Å²) >= 11 is 2.81. The van der Waals surface area contributed by atoms with Crippen molar-refractivity contribution < 1.29 is 46.4 Å². The van der Waals surface area contributed by atoms with Crippen LogP contribution >= 0.6 is 42.5 Å². The van der Waals surface area contributed by atoms with Gasteiger partial charge in [0, 0.05) is 51.1 Å². The third-order valence-corrected chi connectivity index (χ3v) is 18.4. The summed E-state index contributed by atoms with van der Waals surface area (Å²) in [5.41, 5.74) is -5.74. The average Bonchev–Trinajstić information content (AvgIpc) is 3.63. The summed E-state index contributed by atoms with van der Waals surface area (Å²) in [4.78, 5) is 71.4. The van der Waals surface area contributed by atoms with Gasteiger partial charge in [0.2, 0.25) is 11.8 Å². The Morgan fingerprint density at radius 2 is 1.54 bits per heavy atom. The number of nitrogens with one attached hydrogen (secondary N) is 1. The maximum absolute atomic E-state index is 16.5. The summed E-state index contributed by atoms with van der Waals surface area (Å²) in [6.07, 6.45) is 4.31. The minimum Gasteiger partial charge on any atom is -0.340 e. The Morgan fingerprint density at radius 3 is 2.12 bits per heavy atom. The molecule has 3 saturated heterocycles. The first-order valence-corrected chi connectivity index (χ1v) is 26.5. The van der Waals surface area contributed by atoms with Gasteiger partial charge in [0.25, 0.3) is 5.91 Å². The highest BCUT2D eigenvalue weighted by atomic mass is 32.2. The second-order valence-corrected chi connectivity index (χ2v) is 24.8. The molecule has 5 atom stereocenters. The fourth-order valence-corrected chi connectivity index (χ4v) is 13.4. The molecule has 3 aliphatic heterocycles. The molecule has 1 aliphatic carbocycles. The Morgan fingerprint density at radius 1 is 0.908 bits per heavy atom. The molecule has 4 fully saturated rings. The number of thiophene rings is 1. The number of likely N-dealkylation sites (tertiary alicyclic amines) is 1. The first-order chi connectivity index (χ1) is 30.6. The smallest absolute Gasteiger partial charge is 0.340 e. The molecule has 0 bridgehead atoms. The second-order valence-electron chi connectivity index (χ2n) is 19.5. The maximum atomic E-state index is 16.5. The predicted molar refractivity (Wildman–Crippen MR) is 250 cm³/mol. The van der Waals surface area contributed by atoms with E-state index in [-0.39, 0.29) is 61.7 Å². The van der Waals surface area contributed by atoms with E-state index in [1.807, 2.05) is 35.2 Å². The summed E-state index contributed by atoms with van der Waals surface area (Å²) < 4.78 is 58.3. The molecule has 4 aliphatic rings. The van der Waals surface area contributed by atoms with E-state index >= 15 is 8.78 Å². The summed E-state index contributed by atoms with van der Waals surface area (Å²) in [6, 6.07) is 15.6. The molecule has 3 amide bonds. The number of alkyl halides is 2. The summed E-state index contributed by atoms with van der Waals surface area (Å²) in [6.45, 7) is 9.80. The van der Waals surface area contributed by atoms with Crippen molar-refractivity contribution in [2.24, 2.45) is 16.7 Å². The van der Waals surface area contributed by atoms with E-state index in [9.17, 15) is 33.8 Å². The van der Waals surface area contributed by atoms with Gasteiger partial charge in [0.05, 0.1) is 35.6 Å². The maximum Gasteiger partial charge on any atom is 0.404 e. The van der Waals surface area contributed by atoms with Gasteiger partial charge >= 0.3 is 13.3 Å². The van der Waals surface area contributed by atoms with Gasteiger partial charge < -0.3 is 24.2 Å². The minimum absolute atomic E-state index is 0.0468. The lowest BCUT2D eigenvalue weighted by atomic mass is 9.85. The first-order valence-electron chi connectivity index (χ1n) is 22.2. The molecular weight excluding hydrogens is 914 g/mol. The highest BCUT2D eigenvalue weighted by molar-refractivity contribution is 8.14. The fourth-order valence-electron chi connectivity index (χ4n) is 9.12. The van der Waals surface area contributed by atoms with Crippen LogP contribution in [0.15, 0.2) is 54.6 Å². The van der Waals surface area contributed by atoms with Crippen molar-refractivity contribution in [2.75, 3.05) is 31.3 Å². The summed E-state index contributed by atoms with van der Waals surface area (Å²) in [7, 11) is -5.27. The number of halogens is 2. The SMILES string of the molecule is CC(C)(C)C(=O)SCCOP(=O)(OCCSC(=O)C(C)(C)C)C(F)(F)c1ccc2sc(C(=O)N[C@H]3CCC[C@H]4CC[C@@H](C(=O)N5C[C@H](c6ccccc6)[C@@H](C#N)C56CC6)N4C3=O)cc2c1. The van der Waals surface area contributed by atoms with E-state index in [1.54, 1.807) is 46.4 Å². The van der Waals surface area contributed by atoms with Crippen molar-refractivity contribution in [3.8, 4) is 6.07 Å². The molecule has 2 aromatic carbocycles. The molecular formula is C47H57F2N4O8PS3. The van der Waals surface area contributed by atoms with E-state index in [0.29, 0.717) is 43.3 Å². The van der Waals surface area contributed by atoms with Crippen molar-refractivity contribution in [3.05, 3.63) is 70.6 Å². The number of carbonyl (C=O) groups is 5. The molecule has 18 heteroatoms. The largest absolute Gasteiger partial charge is 0.404 e. The van der Waals surface area contributed by atoms with Crippen LogP contribution in [0, 0.1) is 28.1 Å². The van der Waals surface area contributed by atoms with Crippen LogP contribution in [-0.4, -0.2) is 92.7 Å². The molecule has 0 radical (unpaired) electrons. The van der Waals surface area contributed by atoms with Crippen molar-refractivity contribution >= 4 is 80.5 Å². The number of benzene rings is 2. The molecule has 1 aromatic heterocycles. The van der Waals surface area contributed by atoms with Crippen molar-refractivity contribution in [2.45, 2.75) is 122 Å². The van der Waals surface area contributed by atoms with Gasteiger partial charge in [-0.25, -0.2) is 0 Å². The Hall–Kier alpha value is -3.65. The van der Waals surface area contributed by atoms with E-state index in [0.717, 1.165) is 65.4 Å². The molecule has 0 unspecified atom stereocenters. The zero-order valence-corrected chi connectivity index (χ0v) is 40.9. The van der Waals surface area contributed by atoms with Crippen LogP contribution in [0.5, 0.6) is 0 Å². The topological polar surface area (TPSA) is 163 Å². The highest BCUT2D eigenvalue weighted by Crippen LogP contribution is 2.67. The van der Waals surface area contributed by atoms with E-state index in [4.69, 9.17) is 9.05 Å². The van der Waals surface area contributed by atoms with Gasteiger partial charge in [-0.3, -0.25) is 28.5 Å². The number of hydrogen-bond donors (Lipinski definition) is 1. The third kappa shape index (κ3) is 10.1. The number of fused-ring (bicyclic) bond motifs is 2. The molecule has 350 valence electrons. The lowest BCUT2D eigenvalue weighted by Crippen LogP contribution is -2.56. The lowest BCUT2D eigenvalue weighted by Gasteiger charge is -2.35. The fraction of sp³-hybridized carbons (Fsp3) is 0.574. The molecule has 12 nitrogen and oxygen atoms in total. The van der Waals surface area contributed by atoms with Crippen LogP contribution in [0.4, 0.5) is 8.78 Å². The second kappa shape index (κ2) is 19.2. The van der Waals surface area contributed by atoms with Crippen LogP contribution in [-0.2, 0) is 38.5 Å². The number of nitrogens with zero attached hydrogens (tertiary/aromatic N) is 3. The van der Waals surface area contributed by atoms with Gasteiger partial charge in [-0.1, -0.05) is 101 Å². The predicted octanol–water partition coefficient (Wildman–Crippen LogP) is 9.73. The normalized spacial score (nSPS) is 23.3. The molecule has 1 spiro atoms. The van der Waals surface area contributed by atoms with E-state index in [2.05, 4.69) is 11.4 Å². The highest BCUT2D eigenvalue weighted by Gasteiger charge is 2.64. The van der Waals surface area contributed by atoms with Crippen molar-refractivity contribution in [1.29, 1.82) is 5.26 Å². The number of hydrogen-bond acceptors (Lipinski definition) is 12. The van der Waals surface area contributed by atoms with E-state index in [1.165, 1.54) is 12.1 Å². The zero-order valence-electron chi connectivity index (χ0n) is 37.6. The van der Waals surface area contributed by atoms with Crippen molar-refractivity contribution in [1.82, 2.24) is 15.1 Å². The standard InChI is InChI=1S/C47H57F2N4O8PS3/c1-44(2,3)42(57)63-23-21-60-62(59,61-22-24-64-43(58)45(4,5)6)47(48,49)31-15-18-37-30(25-31)26-38(65-37)39(54)51-35-14-10-13-32-16-17-36(53(32)40(35)55)41(56)52-28-33(29-11-8-7-9-12-29)34(27-50)46(52)19-20-46/h7-9,11-12,15,18,25-26,32-36H,10,13-14,16-17,19-24,28H2,1-6H3,(H,51,54)/t32-,33+,34+,35-,36-/m0/s1. The number of rotatable bonds is 14. The van der Waals surface area contributed by atoms with Crippen molar-refractivity contribution in [3.63, 3.8) is 0 Å². The Labute approximate surface area is 391 Å². The first kappa shape index (κ1) is 49.3. The van der Waals surface area contributed by atoms with Crippen LogP contribution in [0.2, 0.25) is 0 Å². The molecule has 1 N–H and O–H groups in total. The minimum atomic E-state index is -5.27. The number of carbonyl (C=O) groups excluding carboxylic acids is 5. The van der Waals surface area contributed by atoms with Gasteiger partial charge in [-0.05, 0) is 74.1 Å². The average molecular weight is 971 g/mol. The quantitative estimate of drug-likeness (QED) is 0.121. The number of amides is 3. The summed E-state index contributed by atoms with van der Waals surface area (Å²) in [5.74, 6) is -1.63. The number of thioether (sulfide) groups is 2. The molecule has 4 heterocycles. The van der Waals surface area contributed by atoms with Gasteiger partial charge in [-0.2, -0.15) is 14.0 Å². The van der Waals surface area contributed by atoms with Gasteiger partial charge in [-0.15, -0.1) is 11.3 Å². The van der Waals surface area contributed by atoms with Crippen LogP contribution in [0.3, 0.4) is 0 Å². The molecule has 1 saturated carbocycles. The summed E-state index contributed by atoms with van der Waals surface area (Å²) in [5, 5.41) is 13.1. The van der Waals surface area contributed by atoms with Gasteiger partial charge in [0.1, 0.15) is 12.1 Å². The molecule has 65 heavy (non-hydrogen) atoms.